The fraction of sp³-hybridized carbons (Fsp3) is 0.312. The van der Waals surface area contributed by atoms with Gasteiger partial charge in [0.1, 0.15) is 5.76 Å². The van der Waals surface area contributed by atoms with Gasteiger partial charge in [-0.2, -0.15) is 0 Å². The van der Waals surface area contributed by atoms with Crippen LogP contribution in [0.25, 0.3) is 0 Å². The van der Waals surface area contributed by atoms with E-state index in [-0.39, 0.29) is 17.8 Å². The third-order valence-electron chi connectivity index (χ3n) is 3.31. The highest BCUT2D eigenvalue weighted by molar-refractivity contribution is 6.30. The van der Waals surface area contributed by atoms with E-state index in [2.05, 4.69) is 17.0 Å². The van der Waals surface area contributed by atoms with Crippen LogP contribution < -0.4 is 5.32 Å². The fourth-order valence-corrected chi connectivity index (χ4v) is 2.23. The molecule has 2 aromatic rings. The number of furan rings is 1. The molecule has 21 heavy (non-hydrogen) atoms. The standard InChI is InChI=1S/C16H18ClNO3/c1-10(12-4-6-13(17)7-5-12)18-11(2)14-8-9-15(21-14)16(19)20-3/h4-11,18H,1-3H3/t10-,11?/m0/s1. The van der Waals surface area contributed by atoms with Crippen molar-refractivity contribution in [2.45, 2.75) is 25.9 Å². The van der Waals surface area contributed by atoms with Gasteiger partial charge in [0.2, 0.25) is 5.76 Å². The second-order valence-corrected chi connectivity index (χ2v) is 5.29. The summed E-state index contributed by atoms with van der Waals surface area (Å²) in [4.78, 5) is 11.4. The van der Waals surface area contributed by atoms with Crippen molar-refractivity contribution in [1.82, 2.24) is 5.32 Å². The summed E-state index contributed by atoms with van der Waals surface area (Å²) >= 11 is 5.88. The monoisotopic (exact) mass is 307 g/mol. The number of carbonyl (C=O) groups excluding carboxylic acids is 1. The van der Waals surface area contributed by atoms with Crippen molar-refractivity contribution in [1.29, 1.82) is 0 Å². The largest absolute Gasteiger partial charge is 0.463 e. The third kappa shape index (κ3) is 3.86. The van der Waals surface area contributed by atoms with Gasteiger partial charge >= 0.3 is 5.97 Å². The number of carbonyl (C=O) groups is 1. The minimum absolute atomic E-state index is 0.0333. The number of benzene rings is 1. The minimum Gasteiger partial charge on any atom is -0.463 e. The van der Waals surface area contributed by atoms with Crippen LogP contribution in [0.3, 0.4) is 0 Å². The van der Waals surface area contributed by atoms with E-state index in [0.29, 0.717) is 10.8 Å². The first-order valence-electron chi connectivity index (χ1n) is 6.71. The smallest absolute Gasteiger partial charge is 0.373 e. The van der Waals surface area contributed by atoms with Crippen LogP contribution in [0, 0.1) is 0 Å². The minimum atomic E-state index is -0.473. The maximum Gasteiger partial charge on any atom is 0.373 e. The average Bonchev–Trinajstić information content (AvgIpc) is 2.97. The van der Waals surface area contributed by atoms with Gasteiger partial charge in [-0.3, -0.25) is 0 Å². The number of hydrogen-bond donors (Lipinski definition) is 1. The molecule has 1 N–H and O–H groups in total. The van der Waals surface area contributed by atoms with E-state index in [1.807, 2.05) is 31.2 Å². The first-order chi connectivity index (χ1) is 10.0. The second kappa shape index (κ2) is 6.78. The Kier molecular flexibility index (Phi) is 5.04. The predicted molar refractivity (Wildman–Crippen MR) is 81.5 cm³/mol. The number of rotatable bonds is 5. The number of hydrogen-bond acceptors (Lipinski definition) is 4. The summed E-state index contributed by atoms with van der Waals surface area (Å²) in [7, 11) is 1.33. The summed E-state index contributed by atoms with van der Waals surface area (Å²) in [5.41, 5.74) is 1.13. The molecule has 0 aliphatic heterocycles. The van der Waals surface area contributed by atoms with Crippen LogP contribution >= 0.6 is 11.6 Å². The van der Waals surface area contributed by atoms with E-state index >= 15 is 0 Å². The lowest BCUT2D eigenvalue weighted by atomic mass is 10.1. The molecule has 112 valence electrons. The maximum absolute atomic E-state index is 11.4. The van der Waals surface area contributed by atoms with Crippen LogP contribution in [0.2, 0.25) is 5.02 Å². The van der Waals surface area contributed by atoms with Gasteiger partial charge in [0, 0.05) is 11.1 Å². The highest BCUT2D eigenvalue weighted by atomic mass is 35.5. The van der Waals surface area contributed by atoms with Gasteiger partial charge in [-0.15, -0.1) is 0 Å². The number of nitrogens with one attached hydrogen (secondary N) is 1. The molecule has 0 aliphatic rings. The summed E-state index contributed by atoms with van der Waals surface area (Å²) < 4.78 is 10.1. The van der Waals surface area contributed by atoms with Crippen LogP contribution in [-0.4, -0.2) is 13.1 Å². The molecule has 0 aliphatic carbocycles. The highest BCUT2D eigenvalue weighted by Gasteiger charge is 2.17. The lowest BCUT2D eigenvalue weighted by Crippen LogP contribution is -2.22. The number of ether oxygens (including phenoxy) is 1. The molecule has 5 heteroatoms. The van der Waals surface area contributed by atoms with Crippen LogP contribution in [-0.2, 0) is 4.74 Å². The first-order valence-corrected chi connectivity index (χ1v) is 7.08. The molecular formula is C16H18ClNO3. The van der Waals surface area contributed by atoms with Crippen molar-refractivity contribution >= 4 is 17.6 Å². The van der Waals surface area contributed by atoms with Gasteiger partial charge in [0.25, 0.3) is 0 Å². The second-order valence-electron chi connectivity index (χ2n) is 4.86. The van der Waals surface area contributed by atoms with Crippen molar-refractivity contribution in [2.75, 3.05) is 7.11 Å². The lowest BCUT2D eigenvalue weighted by Gasteiger charge is -2.19. The summed E-state index contributed by atoms with van der Waals surface area (Å²) in [6.45, 7) is 4.04. The van der Waals surface area contributed by atoms with Crippen molar-refractivity contribution in [2.24, 2.45) is 0 Å². The summed E-state index contributed by atoms with van der Waals surface area (Å²) in [6, 6.07) is 11.2. The van der Waals surface area contributed by atoms with Gasteiger partial charge in [-0.1, -0.05) is 23.7 Å². The first kappa shape index (κ1) is 15.6. The third-order valence-corrected chi connectivity index (χ3v) is 3.56. The van der Waals surface area contributed by atoms with Crippen LogP contribution in [0.15, 0.2) is 40.8 Å². The zero-order chi connectivity index (χ0) is 15.4. The van der Waals surface area contributed by atoms with Crippen molar-refractivity contribution < 1.29 is 13.9 Å². The number of esters is 1. The molecule has 1 heterocycles. The quantitative estimate of drug-likeness (QED) is 0.844. The molecule has 0 radical (unpaired) electrons. The Morgan fingerprint density at radius 3 is 2.43 bits per heavy atom. The molecule has 0 bridgehead atoms. The van der Waals surface area contributed by atoms with E-state index in [1.54, 1.807) is 12.1 Å². The Morgan fingerprint density at radius 2 is 1.81 bits per heavy atom. The maximum atomic E-state index is 11.4. The van der Waals surface area contributed by atoms with E-state index in [4.69, 9.17) is 16.0 Å². The zero-order valence-corrected chi connectivity index (χ0v) is 13.0. The molecule has 4 nitrogen and oxygen atoms in total. The SMILES string of the molecule is COC(=O)c1ccc(C(C)N[C@@H](C)c2ccc(Cl)cc2)o1. The van der Waals surface area contributed by atoms with E-state index < -0.39 is 5.97 Å². The summed E-state index contributed by atoms with van der Waals surface area (Å²) in [5, 5.41) is 4.13. The number of halogens is 1. The van der Waals surface area contributed by atoms with Crippen molar-refractivity contribution in [3.05, 3.63) is 58.5 Å². The van der Waals surface area contributed by atoms with Gasteiger partial charge < -0.3 is 14.5 Å². The van der Waals surface area contributed by atoms with Gasteiger partial charge in [-0.25, -0.2) is 4.79 Å². The summed E-state index contributed by atoms with van der Waals surface area (Å²) in [5.74, 6) is 0.427. The Hall–Kier alpha value is -1.78. The molecule has 2 atom stereocenters. The Morgan fingerprint density at radius 1 is 1.14 bits per heavy atom. The molecule has 1 aromatic heterocycles. The van der Waals surface area contributed by atoms with Gasteiger partial charge in [-0.05, 0) is 43.7 Å². The van der Waals surface area contributed by atoms with E-state index in [0.717, 1.165) is 5.56 Å². The molecule has 0 amide bonds. The van der Waals surface area contributed by atoms with Crippen LogP contribution in [0.1, 0.15) is 47.8 Å². The topological polar surface area (TPSA) is 51.5 Å². The Balaban J connectivity index is 2.03. The number of methoxy groups -OCH3 is 1. The van der Waals surface area contributed by atoms with Crippen LogP contribution in [0.5, 0.6) is 0 Å². The van der Waals surface area contributed by atoms with Crippen LogP contribution in [0.4, 0.5) is 0 Å². The zero-order valence-electron chi connectivity index (χ0n) is 12.2. The van der Waals surface area contributed by atoms with Crippen molar-refractivity contribution in [3.8, 4) is 0 Å². The fourth-order valence-electron chi connectivity index (χ4n) is 2.10. The lowest BCUT2D eigenvalue weighted by molar-refractivity contribution is 0.0562. The molecule has 1 unspecified atom stereocenters. The molecule has 0 saturated heterocycles. The molecule has 0 saturated carbocycles. The van der Waals surface area contributed by atoms with E-state index in [9.17, 15) is 4.79 Å². The molecule has 1 aromatic carbocycles. The normalized spacial score (nSPS) is 13.7. The molecule has 0 spiro atoms. The predicted octanol–water partition coefficient (Wildman–Crippen LogP) is 4.13. The highest BCUT2D eigenvalue weighted by Crippen LogP contribution is 2.22. The van der Waals surface area contributed by atoms with Gasteiger partial charge in [0.05, 0.1) is 13.2 Å². The van der Waals surface area contributed by atoms with Gasteiger partial charge in [0.15, 0.2) is 0 Å². The Labute approximate surface area is 129 Å². The molecule has 2 rings (SSSR count). The Bertz CT molecular complexity index is 606. The van der Waals surface area contributed by atoms with E-state index in [1.165, 1.54) is 7.11 Å². The molecular weight excluding hydrogens is 290 g/mol. The molecule has 0 fully saturated rings. The average molecular weight is 308 g/mol. The van der Waals surface area contributed by atoms with Crippen molar-refractivity contribution in [3.63, 3.8) is 0 Å². The summed E-state index contributed by atoms with van der Waals surface area (Å²) in [6.07, 6.45) is 0.